The lowest BCUT2D eigenvalue weighted by molar-refractivity contribution is -0.172. The van der Waals surface area contributed by atoms with Crippen LogP contribution in [-0.2, 0) is 44.0 Å². The molecule has 3 fully saturated rings. The van der Waals surface area contributed by atoms with Crippen LogP contribution in [0.4, 0.5) is 0 Å². The van der Waals surface area contributed by atoms with Crippen LogP contribution in [0.15, 0.2) is 126 Å². The van der Waals surface area contributed by atoms with Crippen molar-refractivity contribution in [1.82, 2.24) is 23.8 Å². The number of likely N-dealkylation sites (tertiary alicyclic amines) is 2. The fraction of sp³-hybridized carbons (Fsp3) is 0.431. The molecule has 8 unspecified atom stereocenters. The monoisotopic (exact) mass is 1180 g/mol. The van der Waals surface area contributed by atoms with Gasteiger partial charge >= 0.3 is 11.9 Å². The molecule has 1 aromatic heterocycles. The number of halogens is 4. The normalized spacial score (nSPS) is 24.2. The number of sulfonamides is 2. The van der Waals surface area contributed by atoms with Gasteiger partial charge in [0.25, 0.3) is 10.0 Å². The van der Waals surface area contributed by atoms with Crippen LogP contribution in [0.5, 0.6) is 0 Å². The number of aromatic nitrogens is 1. The molecule has 1 saturated carbocycles. The van der Waals surface area contributed by atoms with Crippen molar-refractivity contribution >= 4 is 90.2 Å². The number of hydrogen-bond donors (Lipinski definition) is 1. The minimum Gasteiger partial charge on any atom is -0.393 e. The average Bonchev–Trinajstić information content (AvgIpc) is 4.28. The predicted octanol–water partition coefficient (Wildman–Crippen LogP) is 11.7. The summed E-state index contributed by atoms with van der Waals surface area (Å²) >= 11 is 26.1. The highest BCUT2D eigenvalue weighted by atomic mass is 35.5. The number of nitrogens with one attached hydrogen (secondary N) is 1. The predicted molar refractivity (Wildman–Crippen MR) is 303 cm³/mol. The Morgan fingerprint density at radius 2 is 1.12 bits per heavy atom. The Labute approximate surface area is 478 Å². The Bertz CT molecular complexity index is 3260. The minimum atomic E-state index is -4.14. The summed E-state index contributed by atoms with van der Waals surface area (Å²) in [7, 11) is -6.36. The molecule has 0 bridgehead atoms. The van der Waals surface area contributed by atoms with E-state index in [1.54, 1.807) is 91.2 Å². The first-order valence-corrected chi connectivity index (χ1v) is 30.5. The van der Waals surface area contributed by atoms with E-state index in [9.17, 15) is 26.4 Å². The maximum atomic E-state index is 15.6. The Balaban J connectivity index is 1.12. The van der Waals surface area contributed by atoms with Gasteiger partial charge in [-0.25, -0.2) is 30.8 Å². The van der Waals surface area contributed by atoms with Crippen LogP contribution in [-0.4, -0.2) is 96.6 Å². The van der Waals surface area contributed by atoms with E-state index in [4.69, 9.17) is 51.1 Å². The molecule has 0 radical (unpaired) electrons. The molecule has 3 aliphatic rings. The Morgan fingerprint density at radius 1 is 0.654 bits per heavy atom. The van der Waals surface area contributed by atoms with Crippen LogP contribution < -0.4 is 4.72 Å². The number of piperidine rings is 2. The highest BCUT2D eigenvalue weighted by Crippen LogP contribution is 2.55. The van der Waals surface area contributed by atoms with E-state index < -0.39 is 108 Å². The number of carbonyl (C=O) groups is 4. The van der Waals surface area contributed by atoms with E-state index in [1.807, 2.05) is 62.4 Å². The van der Waals surface area contributed by atoms with Crippen molar-refractivity contribution < 1.29 is 40.8 Å². The van der Waals surface area contributed by atoms with Gasteiger partial charge < -0.3 is 14.5 Å². The SMILES string of the molecule is CCC(CNS(=O)(=O)c1ccccn1)N1C(=O)C(C)(CC(=O)OC(=O)CC2(C)CC(c3cccc(Cl)c3)C(c3ccc(Cl)cc3)N(C(CC)CN(C)S(=O)(=O)C3(C)CC3)C2=O)CC(c2cccc(Cl)c2)C1c1ccc(Cl)cc1. The third kappa shape index (κ3) is 12.5. The van der Waals surface area contributed by atoms with Crippen molar-refractivity contribution in [3.8, 4) is 0 Å². The molecule has 1 aliphatic carbocycles. The van der Waals surface area contributed by atoms with E-state index in [2.05, 4.69) is 9.71 Å². The first kappa shape index (κ1) is 59.2. The molecular weight excluding hydrogens is 1120 g/mol. The van der Waals surface area contributed by atoms with Gasteiger partial charge in [-0.1, -0.05) is 129 Å². The van der Waals surface area contributed by atoms with Gasteiger partial charge in [0.1, 0.15) is 0 Å². The van der Waals surface area contributed by atoms with Crippen molar-refractivity contribution in [2.75, 3.05) is 20.1 Å². The number of carbonyl (C=O) groups excluding carboxylic acids is 4. The summed E-state index contributed by atoms with van der Waals surface area (Å²) in [5, 5.41) is 1.63. The fourth-order valence-electron chi connectivity index (χ4n) is 11.6. The van der Waals surface area contributed by atoms with Crippen LogP contribution in [0.2, 0.25) is 20.1 Å². The molecule has 14 nitrogen and oxygen atoms in total. The highest BCUT2D eigenvalue weighted by molar-refractivity contribution is 7.90. The van der Waals surface area contributed by atoms with Crippen LogP contribution in [0.1, 0.15) is 132 Å². The van der Waals surface area contributed by atoms with Gasteiger partial charge in [-0.05, 0) is 128 Å². The topological polar surface area (TPSA) is 180 Å². The number of pyridine rings is 1. The van der Waals surface area contributed by atoms with Crippen molar-refractivity contribution in [2.45, 2.75) is 132 Å². The lowest BCUT2D eigenvalue weighted by atomic mass is 9.66. The molecule has 2 aliphatic heterocycles. The van der Waals surface area contributed by atoms with Gasteiger partial charge in [0.2, 0.25) is 21.8 Å². The lowest BCUT2D eigenvalue weighted by Crippen LogP contribution is -2.58. The molecular formula is C58H65Cl4N5O9S2. The van der Waals surface area contributed by atoms with Crippen LogP contribution in [0.25, 0.3) is 0 Å². The highest BCUT2D eigenvalue weighted by Gasteiger charge is 2.56. The summed E-state index contributed by atoms with van der Waals surface area (Å²) in [4.78, 5) is 67.6. The molecule has 0 spiro atoms. The van der Waals surface area contributed by atoms with E-state index in [-0.39, 0.29) is 37.4 Å². The molecule has 8 rings (SSSR count). The second-order valence-corrected chi connectivity index (χ2v) is 27.9. The first-order chi connectivity index (χ1) is 36.8. The van der Waals surface area contributed by atoms with Crippen molar-refractivity contribution in [3.63, 3.8) is 0 Å². The van der Waals surface area contributed by atoms with Crippen molar-refractivity contribution in [3.05, 3.63) is 164 Å². The third-order valence-electron chi connectivity index (χ3n) is 16.1. The molecule has 20 heteroatoms. The standard InChI is InChI=1S/C58H65Cl4N5O9S2/c1-7-45(35-64-77(72,73)49-17-9-10-28-63-49)66-52(37-18-22-41(59)23-19-37)47(39-13-11-15-43(61)29-39)31-56(3,54(66)70)33-50(68)76-51(69)34-57(4)32-48(40-14-12-16-44(62)30-40)53(38-20-24-42(60)25-21-38)67(55(57)71)46(8-2)36-65(6)78(74,75)58(5)26-27-58/h9-25,28-30,45-48,52-53,64H,7-8,26-27,31-36H2,1-6H3. The molecule has 5 aromatic rings. The number of nitrogens with zero attached hydrogens (tertiary/aromatic N) is 4. The van der Waals surface area contributed by atoms with Crippen LogP contribution in [0.3, 0.4) is 0 Å². The van der Waals surface area contributed by atoms with Crippen LogP contribution >= 0.6 is 46.4 Å². The van der Waals surface area contributed by atoms with Crippen LogP contribution in [0, 0.1) is 10.8 Å². The number of esters is 2. The quantitative estimate of drug-likeness (QED) is 0.0582. The zero-order valence-corrected chi connectivity index (χ0v) is 49.0. The number of hydrogen-bond acceptors (Lipinski definition) is 10. The van der Waals surface area contributed by atoms with E-state index in [0.717, 1.165) is 16.7 Å². The van der Waals surface area contributed by atoms with Gasteiger partial charge in [0, 0.05) is 70.3 Å². The summed E-state index contributed by atoms with van der Waals surface area (Å²) in [6.07, 6.45) is 2.12. The molecule has 3 heterocycles. The molecule has 2 saturated heterocycles. The number of amides is 2. The van der Waals surface area contributed by atoms with Crippen molar-refractivity contribution in [1.29, 1.82) is 0 Å². The minimum absolute atomic E-state index is 0.0286. The number of rotatable bonds is 20. The molecule has 4 aromatic carbocycles. The smallest absolute Gasteiger partial charge is 0.314 e. The summed E-state index contributed by atoms with van der Waals surface area (Å²) < 4.78 is 63.9. The fourth-order valence-corrected chi connectivity index (χ4v) is 15.0. The zero-order valence-electron chi connectivity index (χ0n) is 44.4. The largest absolute Gasteiger partial charge is 0.393 e. The van der Waals surface area contributed by atoms with Gasteiger partial charge in [0.15, 0.2) is 5.03 Å². The van der Waals surface area contributed by atoms with Gasteiger partial charge in [-0.3, -0.25) is 19.2 Å². The van der Waals surface area contributed by atoms with Gasteiger partial charge in [0.05, 0.1) is 40.5 Å². The van der Waals surface area contributed by atoms with Gasteiger partial charge in [-0.15, -0.1) is 0 Å². The summed E-state index contributed by atoms with van der Waals surface area (Å²) in [5.74, 6) is -3.96. The van der Waals surface area contributed by atoms with Crippen molar-refractivity contribution in [2.24, 2.45) is 10.8 Å². The maximum absolute atomic E-state index is 15.6. The van der Waals surface area contributed by atoms with Gasteiger partial charge in [-0.2, -0.15) is 0 Å². The Kier molecular flexibility index (Phi) is 18.0. The Hall–Kier alpha value is -4.91. The third-order valence-corrected chi connectivity index (χ3v) is 21.0. The number of likely N-dealkylation sites (N-methyl/N-ethyl adjacent to an activating group) is 1. The first-order valence-electron chi connectivity index (χ1n) is 26.1. The molecule has 1 N–H and O–H groups in total. The van der Waals surface area contributed by atoms with E-state index in [1.165, 1.54) is 23.6 Å². The molecule has 8 atom stereocenters. The second-order valence-electron chi connectivity index (χ2n) is 21.8. The maximum Gasteiger partial charge on any atom is 0.314 e. The number of ether oxygens (including phenoxy) is 1. The van der Waals surface area contributed by atoms with E-state index >= 15 is 9.59 Å². The molecule has 2 amide bonds. The average molecular weight is 1180 g/mol. The summed E-state index contributed by atoms with van der Waals surface area (Å²) in [5.41, 5.74) is -0.0961. The second kappa shape index (κ2) is 23.7. The summed E-state index contributed by atoms with van der Waals surface area (Å²) in [6.45, 7) is 8.49. The van der Waals surface area contributed by atoms with E-state index in [0.29, 0.717) is 44.9 Å². The number of benzene rings is 4. The summed E-state index contributed by atoms with van der Waals surface area (Å²) in [6, 6.07) is 30.3. The molecule has 416 valence electrons. The zero-order chi connectivity index (χ0) is 56.5. The molecule has 78 heavy (non-hydrogen) atoms. The Morgan fingerprint density at radius 3 is 1.53 bits per heavy atom. The lowest BCUT2D eigenvalue weighted by Gasteiger charge is -2.52.